The second-order valence-electron chi connectivity index (χ2n) is 3.70. The fraction of sp³-hybridized carbons (Fsp3) is 0.500. The largest absolute Gasteiger partial charge is 0.379 e. The van der Waals surface area contributed by atoms with E-state index in [4.69, 9.17) is 16.3 Å². The molecule has 1 aromatic carbocycles. The van der Waals surface area contributed by atoms with Crippen LogP contribution in [0.4, 0.5) is 0 Å². The van der Waals surface area contributed by atoms with Gasteiger partial charge < -0.3 is 4.74 Å². The van der Waals surface area contributed by atoms with Crippen molar-refractivity contribution in [3.63, 3.8) is 0 Å². The quantitative estimate of drug-likeness (QED) is 0.597. The van der Waals surface area contributed by atoms with Crippen molar-refractivity contribution < 1.29 is 4.74 Å². The number of nitrogens with zero attached hydrogens (tertiary/aromatic N) is 1. The minimum Gasteiger partial charge on any atom is -0.379 e. The van der Waals surface area contributed by atoms with Gasteiger partial charge in [-0.3, -0.25) is 4.90 Å². The molecule has 0 N–H and O–H groups in total. The first-order valence-electron chi connectivity index (χ1n) is 5.34. The van der Waals surface area contributed by atoms with Crippen LogP contribution in [0.2, 0.25) is 5.02 Å². The Kier molecular flexibility index (Phi) is 6.88. The van der Waals surface area contributed by atoms with Gasteiger partial charge in [-0.1, -0.05) is 23.7 Å². The molecule has 0 bridgehead atoms. The van der Waals surface area contributed by atoms with Crippen LogP contribution in [-0.4, -0.2) is 37.5 Å². The van der Waals surface area contributed by atoms with Gasteiger partial charge in [-0.2, -0.15) is 12.6 Å². The lowest BCUT2D eigenvalue weighted by Crippen LogP contribution is -2.23. The molecule has 0 amide bonds. The monoisotopic (exact) mass is 259 g/mol. The van der Waals surface area contributed by atoms with E-state index in [1.165, 1.54) is 5.56 Å². The molecule has 4 heteroatoms. The molecule has 0 fully saturated rings. The number of hydrogen-bond donors (Lipinski definition) is 1. The van der Waals surface area contributed by atoms with E-state index in [0.717, 1.165) is 37.1 Å². The Morgan fingerprint density at radius 1 is 1.25 bits per heavy atom. The second kappa shape index (κ2) is 7.96. The van der Waals surface area contributed by atoms with E-state index in [9.17, 15) is 0 Å². The zero-order valence-corrected chi connectivity index (χ0v) is 11.2. The summed E-state index contributed by atoms with van der Waals surface area (Å²) in [5.74, 6) is 0.779. The Labute approximate surface area is 108 Å². The third kappa shape index (κ3) is 5.75. The first-order chi connectivity index (χ1) is 7.72. The molecule has 0 saturated carbocycles. The molecule has 2 nitrogen and oxygen atoms in total. The summed E-state index contributed by atoms with van der Waals surface area (Å²) < 4.78 is 5.37. The number of benzene rings is 1. The van der Waals surface area contributed by atoms with Gasteiger partial charge in [0.05, 0.1) is 13.2 Å². The van der Waals surface area contributed by atoms with E-state index in [2.05, 4.69) is 24.6 Å². The van der Waals surface area contributed by atoms with E-state index in [1.807, 2.05) is 24.3 Å². The Morgan fingerprint density at radius 2 is 1.94 bits per heavy atom. The highest BCUT2D eigenvalue weighted by atomic mass is 35.5. The normalized spacial score (nSPS) is 11.0. The van der Waals surface area contributed by atoms with Crippen LogP contribution in [0.15, 0.2) is 24.3 Å². The van der Waals surface area contributed by atoms with Gasteiger partial charge in [0.25, 0.3) is 0 Å². The van der Waals surface area contributed by atoms with Crippen molar-refractivity contribution in [2.24, 2.45) is 0 Å². The molecular formula is C12H18ClNOS. The molecule has 0 aliphatic rings. The maximum absolute atomic E-state index is 5.83. The van der Waals surface area contributed by atoms with E-state index >= 15 is 0 Å². The molecule has 0 heterocycles. The smallest absolute Gasteiger partial charge is 0.0593 e. The molecule has 1 aromatic rings. The minimum atomic E-state index is 0.720. The van der Waals surface area contributed by atoms with Crippen LogP contribution >= 0.6 is 24.2 Å². The lowest BCUT2D eigenvalue weighted by molar-refractivity contribution is 0.122. The molecular weight excluding hydrogens is 242 g/mol. The Hall–Kier alpha value is -0.220. The van der Waals surface area contributed by atoms with Crippen molar-refractivity contribution in [2.45, 2.75) is 6.54 Å². The molecule has 0 unspecified atom stereocenters. The molecule has 0 aliphatic carbocycles. The van der Waals surface area contributed by atoms with Gasteiger partial charge in [0.15, 0.2) is 0 Å². The van der Waals surface area contributed by atoms with E-state index in [-0.39, 0.29) is 0 Å². The van der Waals surface area contributed by atoms with Crippen molar-refractivity contribution in [1.29, 1.82) is 0 Å². The maximum Gasteiger partial charge on any atom is 0.0593 e. The summed E-state index contributed by atoms with van der Waals surface area (Å²) in [7, 11) is 2.08. The number of halogens is 1. The average molecular weight is 260 g/mol. The van der Waals surface area contributed by atoms with Gasteiger partial charge in [0.2, 0.25) is 0 Å². The van der Waals surface area contributed by atoms with Crippen molar-refractivity contribution in [3.8, 4) is 0 Å². The number of rotatable bonds is 7. The lowest BCUT2D eigenvalue weighted by atomic mass is 10.2. The summed E-state index contributed by atoms with van der Waals surface area (Å²) in [6.45, 7) is 3.32. The summed E-state index contributed by atoms with van der Waals surface area (Å²) in [5, 5.41) is 0.781. The fourth-order valence-electron chi connectivity index (χ4n) is 1.37. The van der Waals surface area contributed by atoms with Crippen molar-refractivity contribution in [2.75, 3.05) is 32.6 Å². The first-order valence-corrected chi connectivity index (χ1v) is 6.35. The Balaban J connectivity index is 2.23. The summed E-state index contributed by atoms with van der Waals surface area (Å²) in [4.78, 5) is 2.22. The zero-order chi connectivity index (χ0) is 11.8. The standard InChI is InChI=1S/C12H18ClNOS/c1-14(6-7-15-8-9-16)10-11-2-4-12(13)5-3-11/h2-5,16H,6-10H2,1H3. The molecule has 90 valence electrons. The molecule has 0 saturated heterocycles. The summed E-state index contributed by atoms with van der Waals surface area (Å²) in [6, 6.07) is 7.94. The SMILES string of the molecule is CN(CCOCCS)Cc1ccc(Cl)cc1. The average Bonchev–Trinajstić information content (AvgIpc) is 2.28. The third-order valence-corrected chi connectivity index (χ3v) is 2.65. The highest BCUT2D eigenvalue weighted by molar-refractivity contribution is 7.80. The summed E-state index contributed by atoms with van der Waals surface area (Å²) >= 11 is 9.91. The van der Waals surface area contributed by atoms with E-state index < -0.39 is 0 Å². The van der Waals surface area contributed by atoms with Crippen molar-refractivity contribution in [3.05, 3.63) is 34.9 Å². The number of hydrogen-bond acceptors (Lipinski definition) is 3. The van der Waals surface area contributed by atoms with Crippen LogP contribution in [0.5, 0.6) is 0 Å². The Morgan fingerprint density at radius 3 is 2.56 bits per heavy atom. The van der Waals surface area contributed by atoms with Crippen LogP contribution in [0.25, 0.3) is 0 Å². The molecule has 1 rings (SSSR count). The predicted octanol–water partition coefficient (Wildman–Crippen LogP) is 2.72. The molecule has 0 atom stereocenters. The first kappa shape index (κ1) is 13.8. The van der Waals surface area contributed by atoms with Crippen LogP contribution in [0.3, 0.4) is 0 Å². The highest BCUT2D eigenvalue weighted by Crippen LogP contribution is 2.10. The number of ether oxygens (including phenoxy) is 1. The van der Waals surface area contributed by atoms with E-state index in [1.54, 1.807) is 0 Å². The molecule has 0 spiro atoms. The predicted molar refractivity (Wildman–Crippen MR) is 72.5 cm³/mol. The Bertz CT molecular complexity index is 292. The van der Waals surface area contributed by atoms with E-state index in [0.29, 0.717) is 0 Å². The van der Waals surface area contributed by atoms with Crippen LogP contribution in [0.1, 0.15) is 5.56 Å². The summed E-state index contributed by atoms with van der Waals surface area (Å²) in [6.07, 6.45) is 0. The molecule has 16 heavy (non-hydrogen) atoms. The van der Waals surface area contributed by atoms with Gasteiger partial charge in [-0.25, -0.2) is 0 Å². The lowest BCUT2D eigenvalue weighted by Gasteiger charge is -2.16. The topological polar surface area (TPSA) is 12.5 Å². The minimum absolute atomic E-state index is 0.720. The maximum atomic E-state index is 5.83. The van der Waals surface area contributed by atoms with Crippen LogP contribution < -0.4 is 0 Å². The van der Waals surface area contributed by atoms with Crippen LogP contribution in [0, 0.1) is 0 Å². The van der Waals surface area contributed by atoms with Gasteiger partial charge in [-0.05, 0) is 24.7 Å². The van der Waals surface area contributed by atoms with Crippen molar-refractivity contribution in [1.82, 2.24) is 4.90 Å². The number of likely N-dealkylation sites (N-methyl/N-ethyl adjacent to an activating group) is 1. The molecule has 0 radical (unpaired) electrons. The van der Waals surface area contributed by atoms with Gasteiger partial charge >= 0.3 is 0 Å². The molecule has 0 aliphatic heterocycles. The molecule has 0 aromatic heterocycles. The third-order valence-electron chi connectivity index (χ3n) is 2.22. The number of thiol groups is 1. The fourth-order valence-corrected chi connectivity index (χ4v) is 1.62. The van der Waals surface area contributed by atoms with Gasteiger partial charge in [0.1, 0.15) is 0 Å². The summed E-state index contributed by atoms with van der Waals surface area (Å²) in [5.41, 5.74) is 1.26. The second-order valence-corrected chi connectivity index (χ2v) is 4.58. The van der Waals surface area contributed by atoms with Gasteiger partial charge in [0, 0.05) is 23.9 Å². The van der Waals surface area contributed by atoms with Gasteiger partial charge in [-0.15, -0.1) is 0 Å². The van der Waals surface area contributed by atoms with Crippen LogP contribution in [-0.2, 0) is 11.3 Å². The zero-order valence-electron chi connectivity index (χ0n) is 9.53. The highest BCUT2D eigenvalue weighted by Gasteiger charge is 2.00. The van der Waals surface area contributed by atoms with Crippen molar-refractivity contribution >= 4 is 24.2 Å².